The summed E-state index contributed by atoms with van der Waals surface area (Å²) in [6, 6.07) is 4.01. The van der Waals surface area contributed by atoms with Crippen molar-refractivity contribution in [3.63, 3.8) is 0 Å². The Kier molecular flexibility index (Phi) is 1.22. The van der Waals surface area contributed by atoms with Crippen molar-refractivity contribution in [2.45, 2.75) is 13.8 Å². The molecule has 11 heavy (non-hydrogen) atoms. The SMILES string of the molecule is Cc1cc2ccoc2nc1C. The van der Waals surface area contributed by atoms with Gasteiger partial charge in [0.25, 0.3) is 0 Å². The van der Waals surface area contributed by atoms with Gasteiger partial charge in [-0.15, -0.1) is 0 Å². The lowest BCUT2D eigenvalue weighted by molar-refractivity contribution is 0.602. The van der Waals surface area contributed by atoms with Crippen LogP contribution in [0.15, 0.2) is 22.8 Å². The lowest BCUT2D eigenvalue weighted by Crippen LogP contribution is -1.84. The van der Waals surface area contributed by atoms with Crippen molar-refractivity contribution in [3.8, 4) is 0 Å². The predicted octanol–water partition coefficient (Wildman–Crippen LogP) is 2.44. The van der Waals surface area contributed by atoms with E-state index in [9.17, 15) is 0 Å². The molecule has 0 aliphatic rings. The average molecular weight is 147 g/mol. The summed E-state index contributed by atoms with van der Waals surface area (Å²) in [6.45, 7) is 4.03. The highest BCUT2D eigenvalue weighted by molar-refractivity contribution is 5.74. The summed E-state index contributed by atoms with van der Waals surface area (Å²) in [4.78, 5) is 4.27. The molecule has 0 unspecified atom stereocenters. The Morgan fingerprint density at radius 3 is 3.00 bits per heavy atom. The van der Waals surface area contributed by atoms with Crippen LogP contribution in [0.5, 0.6) is 0 Å². The van der Waals surface area contributed by atoms with Crippen molar-refractivity contribution in [2.75, 3.05) is 0 Å². The molecule has 0 saturated heterocycles. The number of nitrogens with zero attached hydrogens (tertiary/aromatic N) is 1. The van der Waals surface area contributed by atoms with Crippen LogP contribution in [-0.2, 0) is 0 Å². The topological polar surface area (TPSA) is 26.0 Å². The zero-order valence-electron chi connectivity index (χ0n) is 6.59. The molecule has 0 aliphatic heterocycles. The predicted molar refractivity (Wildman–Crippen MR) is 43.5 cm³/mol. The number of furan rings is 1. The van der Waals surface area contributed by atoms with Crippen LogP contribution in [0.4, 0.5) is 0 Å². The summed E-state index contributed by atoms with van der Waals surface area (Å²) in [5.74, 6) is 0. The molecule has 0 saturated carbocycles. The number of pyridine rings is 1. The van der Waals surface area contributed by atoms with Gasteiger partial charge in [0.15, 0.2) is 0 Å². The van der Waals surface area contributed by atoms with Gasteiger partial charge in [0, 0.05) is 11.1 Å². The van der Waals surface area contributed by atoms with Crippen LogP contribution in [0, 0.1) is 13.8 Å². The fourth-order valence-electron chi connectivity index (χ4n) is 1.09. The molecule has 0 N–H and O–H groups in total. The van der Waals surface area contributed by atoms with Crippen LogP contribution in [0.3, 0.4) is 0 Å². The van der Waals surface area contributed by atoms with E-state index in [1.54, 1.807) is 6.26 Å². The molecule has 0 atom stereocenters. The normalized spacial score (nSPS) is 10.7. The largest absolute Gasteiger partial charge is 0.446 e. The fourth-order valence-corrected chi connectivity index (χ4v) is 1.09. The molecule has 2 nitrogen and oxygen atoms in total. The monoisotopic (exact) mass is 147 g/mol. The van der Waals surface area contributed by atoms with Gasteiger partial charge >= 0.3 is 0 Å². The van der Waals surface area contributed by atoms with E-state index < -0.39 is 0 Å². The number of rotatable bonds is 0. The molecule has 0 aromatic carbocycles. The summed E-state index contributed by atoms with van der Waals surface area (Å²) >= 11 is 0. The van der Waals surface area contributed by atoms with Gasteiger partial charge in [-0.3, -0.25) is 0 Å². The van der Waals surface area contributed by atoms with Gasteiger partial charge < -0.3 is 4.42 Å². The zero-order chi connectivity index (χ0) is 7.84. The second-order valence-electron chi connectivity index (χ2n) is 2.71. The van der Waals surface area contributed by atoms with Crippen molar-refractivity contribution < 1.29 is 4.42 Å². The Balaban J connectivity index is 2.86. The van der Waals surface area contributed by atoms with E-state index in [2.05, 4.69) is 18.0 Å². The van der Waals surface area contributed by atoms with Crippen molar-refractivity contribution in [1.82, 2.24) is 4.98 Å². The van der Waals surface area contributed by atoms with E-state index in [-0.39, 0.29) is 0 Å². The number of aryl methyl sites for hydroxylation is 2. The molecule has 2 heteroatoms. The maximum absolute atomic E-state index is 5.14. The third-order valence-corrected chi connectivity index (χ3v) is 1.89. The first-order chi connectivity index (χ1) is 5.27. The van der Waals surface area contributed by atoms with Crippen molar-refractivity contribution in [3.05, 3.63) is 29.7 Å². The van der Waals surface area contributed by atoms with Crippen LogP contribution < -0.4 is 0 Å². The molecule has 0 amide bonds. The van der Waals surface area contributed by atoms with Crippen LogP contribution in [0.2, 0.25) is 0 Å². The minimum Gasteiger partial charge on any atom is -0.446 e. The number of fused-ring (bicyclic) bond motifs is 1. The van der Waals surface area contributed by atoms with E-state index in [0.717, 1.165) is 16.8 Å². The molecular formula is C9H9NO. The molecule has 0 fully saturated rings. The van der Waals surface area contributed by atoms with Gasteiger partial charge in [-0.2, -0.15) is 0 Å². The second-order valence-corrected chi connectivity index (χ2v) is 2.71. The lowest BCUT2D eigenvalue weighted by Gasteiger charge is -1.96. The van der Waals surface area contributed by atoms with Gasteiger partial charge in [0.1, 0.15) is 0 Å². The minimum absolute atomic E-state index is 0.730. The molecule has 0 radical (unpaired) electrons. The quantitative estimate of drug-likeness (QED) is 0.572. The van der Waals surface area contributed by atoms with E-state index in [1.807, 2.05) is 13.0 Å². The van der Waals surface area contributed by atoms with Gasteiger partial charge in [-0.05, 0) is 31.5 Å². The van der Waals surface area contributed by atoms with Crippen LogP contribution in [0.25, 0.3) is 11.1 Å². The Morgan fingerprint density at radius 2 is 2.18 bits per heavy atom. The summed E-state index contributed by atoms with van der Waals surface area (Å²) in [7, 11) is 0. The summed E-state index contributed by atoms with van der Waals surface area (Å²) in [5.41, 5.74) is 2.97. The summed E-state index contributed by atoms with van der Waals surface area (Å²) < 4.78 is 5.14. The standard InChI is InChI=1S/C9H9NO/c1-6-5-8-3-4-11-9(8)10-7(6)2/h3-5H,1-2H3. The Hall–Kier alpha value is -1.31. The van der Waals surface area contributed by atoms with Crippen molar-refractivity contribution in [1.29, 1.82) is 0 Å². The first kappa shape index (κ1) is 6.40. The van der Waals surface area contributed by atoms with Crippen molar-refractivity contribution in [2.24, 2.45) is 0 Å². The van der Waals surface area contributed by atoms with Crippen molar-refractivity contribution >= 4 is 11.1 Å². The Bertz CT molecular complexity index is 353. The van der Waals surface area contributed by atoms with Gasteiger partial charge in [0.2, 0.25) is 5.71 Å². The van der Waals surface area contributed by atoms with Crippen LogP contribution in [-0.4, -0.2) is 4.98 Å². The number of hydrogen-bond donors (Lipinski definition) is 0. The molecule has 0 spiro atoms. The molecule has 2 aromatic rings. The third kappa shape index (κ3) is 0.909. The molecule has 2 rings (SSSR count). The molecule has 0 aliphatic carbocycles. The molecule has 0 bridgehead atoms. The molecule has 56 valence electrons. The van der Waals surface area contributed by atoms with Gasteiger partial charge in [0.05, 0.1) is 6.26 Å². The van der Waals surface area contributed by atoms with Gasteiger partial charge in [-0.1, -0.05) is 0 Å². The molecular weight excluding hydrogens is 138 g/mol. The van der Waals surface area contributed by atoms with Crippen LogP contribution >= 0.6 is 0 Å². The fraction of sp³-hybridized carbons (Fsp3) is 0.222. The smallest absolute Gasteiger partial charge is 0.226 e. The Morgan fingerprint density at radius 1 is 1.36 bits per heavy atom. The van der Waals surface area contributed by atoms with Gasteiger partial charge in [-0.25, -0.2) is 4.98 Å². The maximum atomic E-state index is 5.14. The van der Waals surface area contributed by atoms with E-state index >= 15 is 0 Å². The average Bonchev–Trinajstić information content (AvgIpc) is 2.36. The minimum atomic E-state index is 0.730. The highest BCUT2D eigenvalue weighted by Crippen LogP contribution is 2.15. The first-order valence-electron chi connectivity index (χ1n) is 3.59. The maximum Gasteiger partial charge on any atom is 0.226 e. The zero-order valence-corrected chi connectivity index (χ0v) is 6.59. The summed E-state index contributed by atoms with van der Waals surface area (Å²) in [5, 5.41) is 1.08. The lowest BCUT2D eigenvalue weighted by atomic mass is 10.2. The summed E-state index contributed by atoms with van der Waals surface area (Å²) in [6.07, 6.45) is 1.66. The highest BCUT2D eigenvalue weighted by Gasteiger charge is 2.00. The number of hydrogen-bond acceptors (Lipinski definition) is 2. The van der Waals surface area contributed by atoms with Crippen LogP contribution in [0.1, 0.15) is 11.3 Å². The molecule has 2 aromatic heterocycles. The number of aromatic nitrogens is 1. The highest BCUT2D eigenvalue weighted by atomic mass is 16.3. The van der Waals surface area contributed by atoms with E-state index in [0.29, 0.717) is 0 Å². The second kappa shape index (κ2) is 2.09. The molecule has 2 heterocycles. The first-order valence-corrected chi connectivity index (χ1v) is 3.59. The van der Waals surface area contributed by atoms with E-state index in [1.165, 1.54) is 5.56 Å². The third-order valence-electron chi connectivity index (χ3n) is 1.89. The van der Waals surface area contributed by atoms with E-state index in [4.69, 9.17) is 4.42 Å². The Labute approximate surface area is 64.9 Å².